The molecule has 0 aliphatic carbocycles. The molecule has 1 N–H and O–H groups in total. The maximum absolute atomic E-state index is 10.3. The fourth-order valence-corrected chi connectivity index (χ4v) is 2.10. The van der Waals surface area contributed by atoms with E-state index in [0.717, 1.165) is 6.54 Å². The second kappa shape index (κ2) is 5.08. The van der Waals surface area contributed by atoms with Crippen LogP contribution in [0.2, 0.25) is 10.0 Å². The lowest BCUT2D eigenvalue weighted by Crippen LogP contribution is -2.09. The zero-order chi connectivity index (χ0) is 12.4. The molecule has 2 aromatic rings. The minimum absolute atomic E-state index is 0.479. The Balaban J connectivity index is 2.43. The van der Waals surface area contributed by atoms with Gasteiger partial charge in [-0.05, 0) is 25.1 Å². The van der Waals surface area contributed by atoms with Crippen molar-refractivity contribution in [3.05, 3.63) is 52.0 Å². The van der Waals surface area contributed by atoms with Crippen LogP contribution in [0.1, 0.15) is 24.4 Å². The van der Waals surface area contributed by atoms with Crippen molar-refractivity contribution in [1.29, 1.82) is 0 Å². The van der Waals surface area contributed by atoms with Crippen molar-refractivity contribution in [2.45, 2.75) is 19.6 Å². The van der Waals surface area contributed by atoms with Crippen LogP contribution < -0.4 is 0 Å². The lowest BCUT2D eigenvalue weighted by molar-refractivity contribution is 0.205. The molecule has 0 saturated heterocycles. The Kier molecular flexibility index (Phi) is 3.72. The first-order chi connectivity index (χ1) is 8.13. The number of aromatic nitrogens is 2. The lowest BCUT2D eigenvalue weighted by Gasteiger charge is -2.14. The third-order valence-electron chi connectivity index (χ3n) is 2.59. The predicted octanol–water partition coefficient (Wildman–Crippen LogP) is 3.29. The molecule has 5 heteroatoms. The van der Waals surface area contributed by atoms with Gasteiger partial charge in [-0.3, -0.25) is 0 Å². The van der Waals surface area contributed by atoms with Crippen LogP contribution in [0.5, 0.6) is 0 Å². The van der Waals surface area contributed by atoms with Crippen LogP contribution in [-0.2, 0) is 6.54 Å². The lowest BCUT2D eigenvalue weighted by atomic mass is 10.1. The standard InChI is InChI=1S/C12H12Cl2N2O/c1-2-16-6-5-15-12(16)11(17)9-7-8(13)3-4-10(9)14/h3-7,11,17H,2H2,1H3. The molecule has 0 amide bonds. The van der Waals surface area contributed by atoms with E-state index in [1.807, 2.05) is 17.7 Å². The maximum Gasteiger partial charge on any atom is 0.142 e. The van der Waals surface area contributed by atoms with Crippen molar-refractivity contribution in [1.82, 2.24) is 9.55 Å². The molecule has 0 bridgehead atoms. The van der Waals surface area contributed by atoms with Gasteiger partial charge < -0.3 is 9.67 Å². The highest BCUT2D eigenvalue weighted by Crippen LogP contribution is 2.29. The molecule has 90 valence electrons. The molecule has 1 aromatic heterocycles. The number of hydrogen-bond donors (Lipinski definition) is 1. The number of halogens is 2. The van der Waals surface area contributed by atoms with Crippen molar-refractivity contribution in [2.75, 3.05) is 0 Å². The van der Waals surface area contributed by atoms with Crippen LogP contribution in [0.25, 0.3) is 0 Å². The van der Waals surface area contributed by atoms with Crippen LogP contribution in [0, 0.1) is 0 Å². The quantitative estimate of drug-likeness (QED) is 0.930. The molecule has 0 spiro atoms. The first-order valence-electron chi connectivity index (χ1n) is 5.27. The SMILES string of the molecule is CCn1ccnc1C(O)c1cc(Cl)ccc1Cl. The number of hydrogen-bond acceptors (Lipinski definition) is 2. The molecule has 0 aliphatic heterocycles. The van der Waals surface area contributed by atoms with E-state index in [0.29, 0.717) is 21.4 Å². The highest BCUT2D eigenvalue weighted by atomic mass is 35.5. The van der Waals surface area contributed by atoms with Crippen LogP contribution in [0.4, 0.5) is 0 Å². The van der Waals surface area contributed by atoms with Crippen molar-refractivity contribution in [3.8, 4) is 0 Å². The summed E-state index contributed by atoms with van der Waals surface area (Å²) in [4.78, 5) is 4.15. The van der Waals surface area contributed by atoms with Gasteiger partial charge in [-0.15, -0.1) is 0 Å². The van der Waals surface area contributed by atoms with Crippen molar-refractivity contribution in [3.63, 3.8) is 0 Å². The van der Waals surface area contributed by atoms with Gasteiger partial charge >= 0.3 is 0 Å². The Morgan fingerprint density at radius 3 is 2.88 bits per heavy atom. The van der Waals surface area contributed by atoms with Gasteiger partial charge in [-0.1, -0.05) is 23.2 Å². The minimum Gasteiger partial charge on any atom is -0.380 e. The predicted molar refractivity (Wildman–Crippen MR) is 68.4 cm³/mol. The molecule has 17 heavy (non-hydrogen) atoms. The summed E-state index contributed by atoms with van der Waals surface area (Å²) in [7, 11) is 0. The van der Waals surface area contributed by atoms with E-state index in [1.54, 1.807) is 24.4 Å². The average molecular weight is 271 g/mol. The largest absolute Gasteiger partial charge is 0.380 e. The Hall–Kier alpha value is -1.03. The fourth-order valence-electron chi connectivity index (χ4n) is 1.70. The van der Waals surface area contributed by atoms with Gasteiger partial charge in [-0.2, -0.15) is 0 Å². The van der Waals surface area contributed by atoms with Crippen LogP contribution >= 0.6 is 23.2 Å². The topological polar surface area (TPSA) is 38.0 Å². The molecule has 1 heterocycles. The summed E-state index contributed by atoms with van der Waals surface area (Å²) >= 11 is 11.9. The monoisotopic (exact) mass is 270 g/mol. The summed E-state index contributed by atoms with van der Waals surface area (Å²) in [5, 5.41) is 11.3. The van der Waals surface area contributed by atoms with E-state index in [1.165, 1.54) is 0 Å². The molecule has 1 aromatic carbocycles. The van der Waals surface area contributed by atoms with Crippen molar-refractivity contribution in [2.24, 2.45) is 0 Å². The van der Waals surface area contributed by atoms with E-state index >= 15 is 0 Å². The fraction of sp³-hybridized carbons (Fsp3) is 0.250. The zero-order valence-electron chi connectivity index (χ0n) is 9.27. The Morgan fingerprint density at radius 2 is 2.18 bits per heavy atom. The van der Waals surface area contributed by atoms with Crippen LogP contribution in [0.15, 0.2) is 30.6 Å². The van der Waals surface area contributed by atoms with Gasteiger partial charge in [0.25, 0.3) is 0 Å². The average Bonchev–Trinajstić information content (AvgIpc) is 2.79. The summed E-state index contributed by atoms with van der Waals surface area (Å²) in [6.45, 7) is 2.72. The van der Waals surface area contributed by atoms with Gasteiger partial charge in [0.05, 0.1) is 0 Å². The van der Waals surface area contributed by atoms with Gasteiger partial charge in [0.1, 0.15) is 11.9 Å². The van der Waals surface area contributed by atoms with Crippen LogP contribution in [0.3, 0.4) is 0 Å². The molecule has 0 radical (unpaired) electrons. The maximum atomic E-state index is 10.3. The number of benzene rings is 1. The number of rotatable bonds is 3. The summed E-state index contributed by atoms with van der Waals surface area (Å²) in [6.07, 6.45) is 2.61. The minimum atomic E-state index is -0.865. The molecule has 2 rings (SSSR count). The Labute approximate surface area is 110 Å². The number of aliphatic hydroxyl groups is 1. The van der Waals surface area contributed by atoms with Crippen molar-refractivity contribution < 1.29 is 5.11 Å². The third kappa shape index (κ3) is 2.46. The molecule has 1 atom stereocenters. The first kappa shape index (κ1) is 12.4. The number of aryl methyl sites for hydroxylation is 1. The van der Waals surface area contributed by atoms with E-state index in [9.17, 15) is 5.11 Å². The number of imidazole rings is 1. The summed E-state index contributed by atoms with van der Waals surface area (Å²) in [5.41, 5.74) is 0.570. The van der Waals surface area contributed by atoms with Gasteiger partial charge in [0.2, 0.25) is 0 Å². The van der Waals surface area contributed by atoms with Gasteiger partial charge in [0, 0.05) is 34.5 Å². The van der Waals surface area contributed by atoms with E-state index in [4.69, 9.17) is 23.2 Å². The highest BCUT2D eigenvalue weighted by molar-refractivity contribution is 6.33. The molecule has 0 saturated carbocycles. The molecule has 1 unspecified atom stereocenters. The summed E-state index contributed by atoms with van der Waals surface area (Å²) in [6, 6.07) is 5.01. The Bertz CT molecular complexity index is 525. The van der Waals surface area contributed by atoms with E-state index in [-0.39, 0.29) is 0 Å². The molecule has 3 nitrogen and oxygen atoms in total. The zero-order valence-corrected chi connectivity index (χ0v) is 10.8. The smallest absolute Gasteiger partial charge is 0.142 e. The second-order valence-electron chi connectivity index (χ2n) is 3.64. The van der Waals surface area contributed by atoms with Gasteiger partial charge in [0.15, 0.2) is 0 Å². The van der Waals surface area contributed by atoms with E-state index < -0.39 is 6.10 Å². The molecule has 0 aliphatic rings. The molecular weight excluding hydrogens is 259 g/mol. The Morgan fingerprint density at radius 1 is 1.41 bits per heavy atom. The normalized spacial score (nSPS) is 12.7. The summed E-state index contributed by atoms with van der Waals surface area (Å²) in [5.74, 6) is 0.566. The van der Waals surface area contributed by atoms with Crippen LogP contribution in [-0.4, -0.2) is 14.7 Å². The third-order valence-corrected chi connectivity index (χ3v) is 3.16. The molecular formula is C12H12Cl2N2O. The number of aliphatic hydroxyl groups excluding tert-OH is 1. The summed E-state index contributed by atoms with van der Waals surface area (Å²) < 4.78 is 1.86. The second-order valence-corrected chi connectivity index (χ2v) is 4.48. The van der Waals surface area contributed by atoms with Crippen molar-refractivity contribution >= 4 is 23.2 Å². The number of nitrogens with zero attached hydrogens (tertiary/aromatic N) is 2. The first-order valence-corrected chi connectivity index (χ1v) is 6.03. The highest BCUT2D eigenvalue weighted by Gasteiger charge is 2.18. The molecule has 0 fully saturated rings. The van der Waals surface area contributed by atoms with E-state index in [2.05, 4.69) is 4.98 Å². The van der Waals surface area contributed by atoms with Gasteiger partial charge in [-0.25, -0.2) is 4.98 Å².